The lowest BCUT2D eigenvalue weighted by molar-refractivity contribution is -0.202. The summed E-state index contributed by atoms with van der Waals surface area (Å²) in [6, 6.07) is 0. The first-order valence-corrected chi connectivity index (χ1v) is 3.33. The molecule has 11 heavy (non-hydrogen) atoms. The van der Waals surface area contributed by atoms with Gasteiger partial charge in [-0.25, -0.2) is 4.98 Å². The average molecular weight is 157 g/mol. The molecule has 0 fully saturated rings. The van der Waals surface area contributed by atoms with Crippen molar-refractivity contribution in [1.29, 1.82) is 0 Å². The lowest BCUT2D eigenvalue weighted by Gasteiger charge is -2.21. The molecule has 0 aliphatic carbocycles. The van der Waals surface area contributed by atoms with Crippen molar-refractivity contribution in [3.63, 3.8) is 0 Å². The van der Waals surface area contributed by atoms with Crippen molar-refractivity contribution in [3.8, 4) is 0 Å². The van der Waals surface area contributed by atoms with E-state index in [-0.39, 0.29) is 0 Å². The van der Waals surface area contributed by atoms with Gasteiger partial charge < -0.3 is 9.94 Å². The number of nitrogens with zero attached hydrogens (tertiary/aromatic N) is 2. The predicted molar refractivity (Wildman–Crippen MR) is 38.2 cm³/mol. The van der Waals surface area contributed by atoms with Gasteiger partial charge in [0, 0.05) is 12.6 Å². The van der Waals surface area contributed by atoms with Crippen molar-refractivity contribution >= 4 is 0 Å². The van der Waals surface area contributed by atoms with Crippen molar-refractivity contribution in [3.05, 3.63) is 18.7 Å². The zero-order valence-corrected chi connectivity index (χ0v) is 6.27. The molecule has 1 rings (SSSR count). The van der Waals surface area contributed by atoms with Gasteiger partial charge in [0.1, 0.15) is 6.33 Å². The van der Waals surface area contributed by atoms with E-state index in [4.69, 9.17) is 10.6 Å². The van der Waals surface area contributed by atoms with E-state index in [0.717, 1.165) is 0 Å². The van der Waals surface area contributed by atoms with Gasteiger partial charge in [-0.05, 0) is 0 Å². The van der Waals surface area contributed by atoms with Crippen LogP contribution in [0.25, 0.3) is 0 Å². The molecule has 0 aromatic carbocycles. The van der Waals surface area contributed by atoms with Gasteiger partial charge in [-0.3, -0.25) is 5.73 Å². The van der Waals surface area contributed by atoms with Crippen LogP contribution in [0.4, 0.5) is 0 Å². The van der Waals surface area contributed by atoms with Crippen LogP contribution in [0.5, 0.6) is 0 Å². The molecule has 5 heteroatoms. The zero-order valence-electron chi connectivity index (χ0n) is 6.27. The smallest absolute Gasteiger partial charge is 0.287 e. The highest BCUT2D eigenvalue weighted by atomic mass is 16.8. The molecule has 1 heterocycles. The Labute approximate surface area is 64.4 Å². The number of hydrogen-bond donors (Lipinski definition) is 2. The molecule has 0 amide bonds. The van der Waals surface area contributed by atoms with Gasteiger partial charge in [0.05, 0.1) is 6.20 Å². The van der Waals surface area contributed by atoms with Crippen molar-refractivity contribution < 1.29 is 9.94 Å². The third-order valence-corrected chi connectivity index (χ3v) is 1.25. The molecule has 1 atom stereocenters. The number of hydrogen-bond acceptors (Lipinski definition) is 4. The second kappa shape index (κ2) is 2.89. The Morgan fingerprint density at radius 1 is 1.82 bits per heavy atom. The summed E-state index contributed by atoms with van der Waals surface area (Å²) in [7, 11) is 0. The highest BCUT2D eigenvalue weighted by Crippen LogP contribution is 1.98. The molecule has 1 aromatic heterocycles. The van der Waals surface area contributed by atoms with E-state index >= 15 is 0 Å². The first-order valence-electron chi connectivity index (χ1n) is 3.33. The van der Waals surface area contributed by atoms with Crippen molar-refractivity contribution in [1.82, 2.24) is 9.71 Å². The molecule has 3 N–H and O–H groups in total. The maximum atomic E-state index is 9.20. The quantitative estimate of drug-likeness (QED) is 0.570. The van der Waals surface area contributed by atoms with E-state index < -0.39 is 5.91 Å². The Hall–Kier alpha value is -1.07. The summed E-state index contributed by atoms with van der Waals surface area (Å²) in [5.41, 5.74) is 5.29. The van der Waals surface area contributed by atoms with E-state index in [1.165, 1.54) is 17.3 Å². The Morgan fingerprint density at radius 2 is 2.55 bits per heavy atom. The van der Waals surface area contributed by atoms with Crippen molar-refractivity contribution in [2.75, 3.05) is 0 Å². The average Bonchev–Trinajstić information content (AvgIpc) is 2.39. The monoisotopic (exact) mass is 157 g/mol. The number of aliphatic hydroxyl groups is 1. The van der Waals surface area contributed by atoms with E-state index in [2.05, 4.69) is 4.98 Å². The molecule has 1 unspecified atom stereocenters. The second-order valence-corrected chi connectivity index (χ2v) is 2.21. The zero-order chi connectivity index (χ0) is 8.32. The van der Waals surface area contributed by atoms with Crippen LogP contribution >= 0.6 is 0 Å². The molecule has 62 valence electrons. The van der Waals surface area contributed by atoms with Gasteiger partial charge in [-0.2, -0.15) is 4.73 Å². The molecular weight excluding hydrogens is 146 g/mol. The molecule has 0 aliphatic heterocycles. The Balaban J connectivity index is 2.56. The van der Waals surface area contributed by atoms with Crippen molar-refractivity contribution in [2.24, 2.45) is 5.73 Å². The highest BCUT2D eigenvalue weighted by Gasteiger charge is 2.20. The van der Waals surface area contributed by atoms with Gasteiger partial charge in [-0.15, -0.1) is 0 Å². The molecule has 0 radical (unpaired) electrons. The van der Waals surface area contributed by atoms with Crippen LogP contribution in [0.1, 0.15) is 13.3 Å². The molecule has 0 aliphatic rings. The van der Waals surface area contributed by atoms with Gasteiger partial charge >= 0.3 is 0 Å². The lowest BCUT2D eigenvalue weighted by atomic mass is 10.4. The Morgan fingerprint density at radius 3 is 3.00 bits per heavy atom. The number of rotatable bonds is 3. The molecule has 5 nitrogen and oxygen atoms in total. The first-order chi connectivity index (χ1) is 5.14. The van der Waals surface area contributed by atoms with Gasteiger partial charge in [0.2, 0.25) is 0 Å². The molecule has 0 bridgehead atoms. The highest BCUT2D eigenvalue weighted by molar-refractivity contribution is 4.71. The van der Waals surface area contributed by atoms with E-state index in [9.17, 15) is 5.11 Å². The first kappa shape index (κ1) is 8.03. The predicted octanol–water partition coefficient (Wildman–Crippen LogP) is -0.674. The molecular formula is C6H11N3O2. The topological polar surface area (TPSA) is 73.3 Å². The van der Waals surface area contributed by atoms with Crippen molar-refractivity contribution in [2.45, 2.75) is 19.3 Å². The van der Waals surface area contributed by atoms with Crippen LogP contribution in [0.15, 0.2) is 18.7 Å². The number of imidazole rings is 1. The molecule has 0 saturated carbocycles. The Kier molecular flexibility index (Phi) is 2.11. The van der Waals surface area contributed by atoms with Gasteiger partial charge in [-0.1, -0.05) is 6.92 Å². The third kappa shape index (κ3) is 2.21. The van der Waals surface area contributed by atoms with Crippen LogP contribution < -0.4 is 10.6 Å². The van der Waals surface area contributed by atoms with E-state index in [1.54, 1.807) is 13.1 Å². The fourth-order valence-corrected chi connectivity index (χ4v) is 0.548. The lowest BCUT2D eigenvalue weighted by Crippen LogP contribution is -2.48. The maximum absolute atomic E-state index is 9.20. The summed E-state index contributed by atoms with van der Waals surface area (Å²) in [5.74, 6) is -1.61. The second-order valence-electron chi connectivity index (χ2n) is 2.21. The summed E-state index contributed by atoms with van der Waals surface area (Å²) >= 11 is 0. The van der Waals surface area contributed by atoms with E-state index in [1.807, 2.05) is 0 Å². The summed E-state index contributed by atoms with van der Waals surface area (Å²) in [5, 5.41) is 9.20. The fourth-order valence-electron chi connectivity index (χ4n) is 0.548. The summed E-state index contributed by atoms with van der Waals surface area (Å²) in [6.45, 7) is 1.72. The van der Waals surface area contributed by atoms with E-state index in [0.29, 0.717) is 6.42 Å². The van der Waals surface area contributed by atoms with Crippen LogP contribution in [-0.4, -0.2) is 20.7 Å². The molecule has 1 aromatic rings. The third-order valence-electron chi connectivity index (χ3n) is 1.25. The minimum Gasteiger partial charge on any atom is -0.362 e. The Bertz CT molecular complexity index is 208. The van der Waals surface area contributed by atoms with Gasteiger partial charge in [0.15, 0.2) is 0 Å². The summed E-state index contributed by atoms with van der Waals surface area (Å²) < 4.78 is 1.25. The van der Waals surface area contributed by atoms with Crippen LogP contribution in [0.2, 0.25) is 0 Å². The maximum Gasteiger partial charge on any atom is 0.287 e. The van der Waals surface area contributed by atoms with Crippen LogP contribution in [0, 0.1) is 0 Å². The molecule has 0 saturated heterocycles. The largest absolute Gasteiger partial charge is 0.362 e. The summed E-state index contributed by atoms with van der Waals surface area (Å²) in [4.78, 5) is 8.59. The standard InChI is InChI=1S/C6H11N3O2/c1-2-6(7,10)11-9-4-3-8-5-9/h3-5,10H,2,7H2,1H3. The fraction of sp³-hybridized carbons (Fsp3) is 0.500. The molecule has 0 spiro atoms. The minimum atomic E-state index is -1.61. The number of aromatic nitrogens is 2. The minimum absolute atomic E-state index is 0.311. The SMILES string of the molecule is CCC(N)(O)On1ccnc1. The number of nitrogens with two attached hydrogens (primary N) is 1. The summed E-state index contributed by atoms with van der Waals surface area (Å²) in [6.07, 6.45) is 4.80. The normalized spacial score (nSPS) is 15.9. The van der Waals surface area contributed by atoms with Crippen LogP contribution in [0.3, 0.4) is 0 Å². The van der Waals surface area contributed by atoms with Crippen LogP contribution in [-0.2, 0) is 0 Å². The van der Waals surface area contributed by atoms with Gasteiger partial charge in [0.25, 0.3) is 5.91 Å².